The molecule has 82 valence electrons. The molecule has 0 spiro atoms. The van der Waals surface area contributed by atoms with Gasteiger partial charge in [0.25, 0.3) is 0 Å². The molecule has 4 heteroatoms. The summed E-state index contributed by atoms with van der Waals surface area (Å²) in [6.07, 6.45) is 0.919. The summed E-state index contributed by atoms with van der Waals surface area (Å²) in [6, 6.07) is 5.62. The third kappa shape index (κ3) is 3.64. The van der Waals surface area contributed by atoms with E-state index in [1.54, 1.807) is 0 Å². The van der Waals surface area contributed by atoms with Crippen LogP contribution in [0.2, 0.25) is 0 Å². The fourth-order valence-electron chi connectivity index (χ4n) is 1.32. The van der Waals surface area contributed by atoms with E-state index in [1.807, 2.05) is 18.2 Å². The minimum absolute atomic E-state index is 0.0101. The zero-order valence-electron chi connectivity index (χ0n) is 8.50. The lowest BCUT2D eigenvalue weighted by Crippen LogP contribution is -2.03. The molecule has 0 heterocycles. The van der Waals surface area contributed by atoms with Crippen LogP contribution in [0.4, 0.5) is 0 Å². The van der Waals surface area contributed by atoms with Gasteiger partial charge in [-0.15, -0.1) is 0 Å². The average molecular weight is 273 g/mol. The molecule has 0 aliphatic heterocycles. The quantitative estimate of drug-likeness (QED) is 0.854. The smallest absolute Gasteiger partial charge is 0.305 e. The van der Waals surface area contributed by atoms with Gasteiger partial charge in [-0.05, 0) is 29.7 Å². The predicted molar refractivity (Wildman–Crippen MR) is 60.4 cm³/mol. The molecule has 15 heavy (non-hydrogen) atoms. The van der Waals surface area contributed by atoms with Crippen molar-refractivity contribution in [2.24, 2.45) is 0 Å². The van der Waals surface area contributed by atoms with Gasteiger partial charge in [0, 0.05) is 10.9 Å². The molecule has 0 saturated heterocycles. The number of rotatable bonds is 4. The van der Waals surface area contributed by atoms with E-state index in [0.717, 1.165) is 15.6 Å². The number of hydrogen-bond acceptors (Lipinski definition) is 3. The number of aliphatic hydroxyl groups is 1. The number of esters is 1. The number of carbonyl (C=O) groups excluding carboxylic acids is 1. The van der Waals surface area contributed by atoms with Crippen molar-refractivity contribution in [2.75, 3.05) is 7.11 Å². The highest BCUT2D eigenvalue weighted by molar-refractivity contribution is 9.10. The first-order valence-corrected chi connectivity index (χ1v) is 5.41. The Morgan fingerprint density at radius 2 is 2.20 bits per heavy atom. The van der Waals surface area contributed by atoms with Crippen molar-refractivity contribution in [3.05, 3.63) is 33.8 Å². The number of carbonyl (C=O) groups is 1. The number of aliphatic hydroxyl groups excluding tert-OH is 1. The van der Waals surface area contributed by atoms with Gasteiger partial charge in [-0.25, -0.2) is 0 Å². The number of methoxy groups -OCH3 is 1. The topological polar surface area (TPSA) is 46.5 Å². The Hall–Kier alpha value is -0.870. The molecule has 0 aliphatic carbocycles. The summed E-state index contributed by atoms with van der Waals surface area (Å²) < 4.78 is 5.51. The van der Waals surface area contributed by atoms with Crippen molar-refractivity contribution in [2.45, 2.75) is 19.4 Å². The van der Waals surface area contributed by atoms with E-state index in [4.69, 9.17) is 5.11 Å². The second kappa shape index (κ2) is 5.88. The summed E-state index contributed by atoms with van der Waals surface area (Å²) in [7, 11) is 1.37. The van der Waals surface area contributed by atoms with Gasteiger partial charge in [0.05, 0.1) is 13.7 Å². The van der Waals surface area contributed by atoms with E-state index < -0.39 is 0 Å². The fourth-order valence-corrected chi connectivity index (χ4v) is 1.73. The number of benzene rings is 1. The van der Waals surface area contributed by atoms with E-state index in [0.29, 0.717) is 12.8 Å². The van der Waals surface area contributed by atoms with Crippen LogP contribution in [0.25, 0.3) is 0 Å². The molecule has 0 aliphatic rings. The Labute approximate surface area is 97.2 Å². The van der Waals surface area contributed by atoms with Crippen LogP contribution in [0.1, 0.15) is 17.5 Å². The number of aryl methyl sites for hydroxylation is 1. The van der Waals surface area contributed by atoms with Gasteiger partial charge in [-0.2, -0.15) is 0 Å². The Morgan fingerprint density at radius 3 is 2.80 bits per heavy atom. The van der Waals surface area contributed by atoms with Gasteiger partial charge in [-0.3, -0.25) is 4.79 Å². The van der Waals surface area contributed by atoms with Gasteiger partial charge in [0.15, 0.2) is 0 Å². The van der Waals surface area contributed by atoms with Crippen LogP contribution < -0.4 is 0 Å². The molecule has 1 aromatic rings. The Morgan fingerprint density at radius 1 is 1.47 bits per heavy atom. The SMILES string of the molecule is COC(=O)CCc1cc(Br)ccc1CO. The summed E-state index contributed by atoms with van der Waals surface area (Å²) in [5.74, 6) is -0.237. The van der Waals surface area contributed by atoms with Crippen molar-refractivity contribution < 1.29 is 14.6 Å². The Bertz CT molecular complexity index is 350. The van der Waals surface area contributed by atoms with Crippen LogP contribution in [-0.4, -0.2) is 18.2 Å². The van der Waals surface area contributed by atoms with Crippen molar-refractivity contribution in [1.82, 2.24) is 0 Å². The molecule has 0 atom stereocenters. The largest absolute Gasteiger partial charge is 0.469 e. The van der Waals surface area contributed by atoms with Crippen LogP contribution in [0.15, 0.2) is 22.7 Å². The summed E-state index contributed by atoms with van der Waals surface area (Å²) >= 11 is 3.35. The zero-order chi connectivity index (χ0) is 11.3. The monoisotopic (exact) mass is 272 g/mol. The molecule has 1 rings (SSSR count). The molecule has 0 fully saturated rings. The van der Waals surface area contributed by atoms with Crippen molar-refractivity contribution in [3.63, 3.8) is 0 Å². The first-order chi connectivity index (χ1) is 7.17. The molecular formula is C11H13BrO3. The molecule has 1 N–H and O–H groups in total. The zero-order valence-corrected chi connectivity index (χ0v) is 10.1. The van der Waals surface area contributed by atoms with Crippen LogP contribution >= 0.6 is 15.9 Å². The predicted octanol–water partition coefficient (Wildman–Crippen LogP) is 2.05. The Kier molecular flexibility index (Phi) is 4.78. The third-order valence-electron chi connectivity index (χ3n) is 2.16. The minimum Gasteiger partial charge on any atom is -0.469 e. The maximum atomic E-state index is 11.0. The second-order valence-corrected chi connectivity index (χ2v) is 4.06. The van der Waals surface area contributed by atoms with E-state index in [-0.39, 0.29) is 12.6 Å². The van der Waals surface area contributed by atoms with Gasteiger partial charge in [0.1, 0.15) is 0 Å². The molecule has 1 aromatic carbocycles. The summed E-state index contributed by atoms with van der Waals surface area (Å²) in [6.45, 7) is -0.0101. The van der Waals surface area contributed by atoms with Crippen LogP contribution in [0.5, 0.6) is 0 Å². The molecule has 0 saturated carbocycles. The number of ether oxygens (including phenoxy) is 1. The molecule has 0 unspecified atom stereocenters. The molecular weight excluding hydrogens is 260 g/mol. The lowest BCUT2D eigenvalue weighted by Gasteiger charge is -2.07. The normalized spacial score (nSPS) is 10.1. The van der Waals surface area contributed by atoms with Crippen LogP contribution in [-0.2, 0) is 22.6 Å². The lowest BCUT2D eigenvalue weighted by molar-refractivity contribution is -0.140. The highest BCUT2D eigenvalue weighted by atomic mass is 79.9. The summed E-state index contributed by atoms with van der Waals surface area (Å²) in [5, 5.41) is 9.10. The maximum Gasteiger partial charge on any atom is 0.305 e. The van der Waals surface area contributed by atoms with Gasteiger partial charge < -0.3 is 9.84 Å². The van der Waals surface area contributed by atoms with Crippen molar-refractivity contribution >= 4 is 21.9 Å². The summed E-state index contributed by atoms with van der Waals surface area (Å²) in [4.78, 5) is 11.0. The van der Waals surface area contributed by atoms with Crippen LogP contribution in [0, 0.1) is 0 Å². The van der Waals surface area contributed by atoms with Gasteiger partial charge >= 0.3 is 5.97 Å². The fraction of sp³-hybridized carbons (Fsp3) is 0.364. The van der Waals surface area contributed by atoms with E-state index >= 15 is 0 Å². The minimum atomic E-state index is -0.237. The Balaban J connectivity index is 2.74. The molecule has 0 radical (unpaired) electrons. The summed E-state index contributed by atoms with van der Waals surface area (Å²) in [5.41, 5.74) is 1.82. The lowest BCUT2D eigenvalue weighted by atomic mass is 10.0. The molecule has 0 bridgehead atoms. The standard InChI is InChI=1S/C11H13BrO3/c1-15-11(14)5-3-8-6-10(12)4-2-9(8)7-13/h2,4,6,13H,3,5,7H2,1H3. The maximum absolute atomic E-state index is 11.0. The number of hydrogen-bond donors (Lipinski definition) is 1. The van der Waals surface area contributed by atoms with E-state index in [9.17, 15) is 4.79 Å². The molecule has 0 aromatic heterocycles. The second-order valence-electron chi connectivity index (χ2n) is 3.15. The van der Waals surface area contributed by atoms with E-state index in [2.05, 4.69) is 20.7 Å². The molecule has 3 nitrogen and oxygen atoms in total. The number of halogens is 1. The first-order valence-electron chi connectivity index (χ1n) is 4.62. The highest BCUT2D eigenvalue weighted by Gasteiger charge is 2.06. The van der Waals surface area contributed by atoms with Gasteiger partial charge in [0.2, 0.25) is 0 Å². The van der Waals surface area contributed by atoms with Crippen LogP contribution in [0.3, 0.4) is 0 Å². The van der Waals surface area contributed by atoms with Crippen molar-refractivity contribution in [3.8, 4) is 0 Å². The third-order valence-corrected chi connectivity index (χ3v) is 2.66. The van der Waals surface area contributed by atoms with Gasteiger partial charge in [-0.1, -0.05) is 22.0 Å². The highest BCUT2D eigenvalue weighted by Crippen LogP contribution is 2.18. The van der Waals surface area contributed by atoms with E-state index in [1.165, 1.54) is 7.11 Å². The average Bonchev–Trinajstić information content (AvgIpc) is 2.26. The van der Waals surface area contributed by atoms with Crippen molar-refractivity contribution in [1.29, 1.82) is 0 Å². The molecule has 0 amide bonds. The first kappa shape index (κ1) is 12.2.